The van der Waals surface area contributed by atoms with Gasteiger partial charge in [-0.05, 0) is 18.6 Å². The Morgan fingerprint density at radius 2 is 2.05 bits per heavy atom. The molecule has 1 heterocycles. The van der Waals surface area contributed by atoms with E-state index >= 15 is 0 Å². The molecule has 2 rings (SSSR count). The van der Waals surface area contributed by atoms with Gasteiger partial charge in [-0.15, -0.1) is 0 Å². The zero-order valence-corrected chi connectivity index (χ0v) is 12.3. The Morgan fingerprint density at radius 1 is 1.25 bits per heavy atom. The van der Waals surface area contributed by atoms with E-state index in [4.69, 9.17) is 27.4 Å². The normalized spacial score (nSPS) is 10.7. The number of thiocarbonyl (C=S) groups is 1. The molecule has 5 heteroatoms. The van der Waals surface area contributed by atoms with E-state index in [9.17, 15) is 0 Å². The standard InChI is InChI=1S/C15H18N2O2S/c1-2-7-18-8-9-19-14-11-5-3-4-6-13(11)17-10-12(14)15(16)20/h3-6,10H,2,7-9H2,1H3,(H2,16,20). The molecule has 0 fully saturated rings. The minimum absolute atomic E-state index is 0.285. The number of fused-ring (bicyclic) bond motifs is 1. The molecule has 0 aliphatic rings. The zero-order valence-electron chi connectivity index (χ0n) is 11.5. The largest absolute Gasteiger partial charge is 0.490 e. The first-order valence-corrected chi connectivity index (χ1v) is 7.03. The van der Waals surface area contributed by atoms with Crippen LogP contribution < -0.4 is 10.5 Å². The fraction of sp³-hybridized carbons (Fsp3) is 0.333. The molecule has 0 amide bonds. The van der Waals surface area contributed by atoms with Crippen molar-refractivity contribution >= 4 is 28.1 Å². The molecule has 2 N–H and O–H groups in total. The molecule has 0 aliphatic heterocycles. The molecule has 106 valence electrons. The van der Waals surface area contributed by atoms with E-state index in [1.165, 1.54) is 0 Å². The highest BCUT2D eigenvalue weighted by Crippen LogP contribution is 2.28. The van der Waals surface area contributed by atoms with E-state index < -0.39 is 0 Å². The van der Waals surface area contributed by atoms with Crippen LogP contribution in [-0.4, -0.2) is 29.8 Å². The Labute approximate surface area is 123 Å². The molecule has 0 spiro atoms. The number of hydrogen-bond acceptors (Lipinski definition) is 4. The van der Waals surface area contributed by atoms with Crippen LogP contribution >= 0.6 is 12.2 Å². The lowest BCUT2D eigenvalue weighted by atomic mass is 10.1. The minimum atomic E-state index is 0.285. The number of para-hydroxylation sites is 1. The smallest absolute Gasteiger partial charge is 0.140 e. The first kappa shape index (κ1) is 14.7. The second-order valence-corrected chi connectivity index (χ2v) is 4.78. The molecular formula is C15H18N2O2S. The number of nitrogens with zero attached hydrogens (tertiary/aromatic N) is 1. The number of ether oxygens (including phenoxy) is 2. The molecule has 1 aromatic heterocycles. The predicted octanol–water partition coefficient (Wildman–Crippen LogP) is 2.67. The molecular weight excluding hydrogens is 272 g/mol. The van der Waals surface area contributed by atoms with Crippen molar-refractivity contribution in [2.45, 2.75) is 13.3 Å². The summed E-state index contributed by atoms with van der Waals surface area (Å²) in [4.78, 5) is 4.63. The second-order valence-electron chi connectivity index (χ2n) is 4.34. The maximum absolute atomic E-state index is 5.83. The first-order valence-electron chi connectivity index (χ1n) is 6.62. The predicted molar refractivity (Wildman–Crippen MR) is 84.2 cm³/mol. The van der Waals surface area contributed by atoms with E-state index in [0.717, 1.165) is 23.9 Å². The van der Waals surface area contributed by atoms with Crippen LogP contribution in [0.3, 0.4) is 0 Å². The topological polar surface area (TPSA) is 57.4 Å². The van der Waals surface area contributed by atoms with Gasteiger partial charge in [-0.25, -0.2) is 0 Å². The second kappa shape index (κ2) is 7.17. The van der Waals surface area contributed by atoms with Gasteiger partial charge in [-0.2, -0.15) is 0 Å². The molecule has 0 saturated heterocycles. The maximum atomic E-state index is 5.83. The molecule has 2 aromatic rings. The maximum Gasteiger partial charge on any atom is 0.140 e. The van der Waals surface area contributed by atoms with Gasteiger partial charge in [0, 0.05) is 18.2 Å². The molecule has 20 heavy (non-hydrogen) atoms. The summed E-state index contributed by atoms with van der Waals surface area (Å²) >= 11 is 5.06. The van der Waals surface area contributed by atoms with Crippen LogP contribution in [0.4, 0.5) is 0 Å². The van der Waals surface area contributed by atoms with Gasteiger partial charge in [0.15, 0.2) is 0 Å². The highest BCUT2D eigenvalue weighted by atomic mass is 32.1. The molecule has 0 saturated carbocycles. The van der Waals surface area contributed by atoms with E-state index in [1.807, 2.05) is 24.3 Å². The van der Waals surface area contributed by atoms with Crippen LogP contribution in [0, 0.1) is 0 Å². The minimum Gasteiger partial charge on any atom is -0.490 e. The summed E-state index contributed by atoms with van der Waals surface area (Å²) in [5, 5.41) is 0.910. The van der Waals surface area contributed by atoms with Gasteiger partial charge in [0.25, 0.3) is 0 Å². The van der Waals surface area contributed by atoms with Crippen LogP contribution in [0.5, 0.6) is 5.75 Å². The van der Waals surface area contributed by atoms with Crippen LogP contribution in [0.25, 0.3) is 10.9 Å². The molecule has 0 aliphatic carbocycles. The third-order valence-corrected chi connectivity index (χ3v) is 3.03. The molecule has 1 aromatic carbocycles. The average molecular weight is 290 g/mol. The van der Waals surface area contributed by atoms with Gasteiger partial charge in [0.1, 0.15) is 17.3 Å². The Balaban J connectivity index is 2.23. The van der Waals surface area contributed by atoms with E-state index in [2.05, 4.69) is 11.9 Å². The fourth-order valence-electron chi connectivity index (χ4n) is 1.90. The van der Waals surface area contributed by atoms with Crippen LogP contribution in [-0.2, 0) is 4.74 Å². The summed E-state index contributed by atoms with van der Waals surface area (Å²) in [6.07, 6.45) is 2.66. The molecule has 0 unspecified atom stereocenters. The Bertz CT molecular complexity index is 601. The van der Waals surface area contributed by atoms with Gasteiger partial charge in [-0.3, -0.25) is 4.98 Å². The van der Waals surface area contributed by atoms with Crippen molar-refractivity contribution in [1.29, 1.82) is 0 Å². The van der Waals surface area contributed by atoms with Gasteiger partial charge in [-0.1, -0.05) is 31.3 Å². The Kier molecular flexibility index (Phi) is 5.26. The Hall–Kier alpha value is -1.72. The molecule has 0 bridgehead atoms. The summed E-state index contributed by atoms with van der Waals surface area (Å²) < 4.78 is 11.2. The van der Waals surface area contributed by atoms with Crippen molar-refractivity contribution in [3.63, 3.8) is 0 Å². The third-order valence-electron chi connectivity index (χ3n) is 2.81. The van der Waals surface area contributed by atoms with Crippen molar-refractivity contribution in [2.24, 2.45) is 5.73 Å². The van der Waals surface area contributed by atoms with Crippen LogP contribution in [0.2, 0.25) is 0 Å². The van der Waals surface area contributed by atoms with E-state index in [0.29, 0.717) is 24.5 Å². The van der Waals surface area contributed by atoms with Crippen molar-refractivity contribution in [1.82, 2.24) is 4.98 Å². The average Bonchev–Trinajstić information content (AvgIpc) is 2.46. The van der Waals surface area contributed by atoms with Crippen molar-refractivity contribution in [3.05, 3.63) is 36.0 Å². The van der Waals surface area contributed by atoms with E-state index in [1.54, 1.807) is 6.20 Å². The summed E-state index contributed by atoms with van der Waals surface area (Å²) in [5.74, 6) is 0.684. The molecule has 0 radical (unpaired) electrons. The fourth-order valence-corrected chi connectivity index (χ4v) is 2.04. The molecule has 0 atom stereocenters. The van der Waals surface area contributed by atoms with E-state index in [-0.39, 0.29) is 4.99 Å². The quantitative estimate of drug-likeness (QED) is 0.627. The first-order chi connectivity index (χ1) is 9.74. The zero-order chi connectivity index (χ0) is 14.4. The Morgan fingerprint density at radius 3 is 2.80 bits per heavy atom. The number of benzene rings is 1. The summed E-state index contributed by atoms with van der Waals surface area (Å²) in [5.41, 5.74) is 7.26. The van der Waals surface area contributed by atoms with Gasteiger partial charge in [0.2, 0.25) is 0 Å². The lowest BCUT2D eigenvalue weighted by molar-refractivity contribution is 0.101. The highest BCUT2D eigenvalue weighted by molar-refractivity contribution is 7.80. The highest BCUT2D eigenvalue weighted by Gasteiger charge is 2.12. The SMILES string of the molecule is CCCOCCOc1c(C(N)=S)cnc2ccccc12. The molecule has 4 nitrogen and oxygen atoms in total. The van der Waals surface area contributed by atoms with Crippen molar-refractivity contribution in [2.75, 3.05) is 19.8 Å². The number of hydrogen-bond donors (Lipinski definition) is 1. The van der Waals surface area contributed by atoms with Crippen LogP contribution in [0.15, 0.2) is 30.5 Å². The number of pyridine rings is 1. The summed E-state index contributed by atoms with van der Waals surface area (Å²) in [6.45, 7) is 3.82. The van der Waals surface area contributed by atoms with Gasteiger partial charge < -0.3 is 15.2 Å². The number of nitrogens with two attached hydrogens (primary N) is 1. The summed E-state index contributed by atoms with van der Waals surface area (Å²) in [6, 6.07) is 7.75. The monoisotopic (exact) mass is 290 g/mol. The number of rotatable bonds is 7. The summed E-state index contributed by atoms with van der Waals surface area (Å²) in [7, 11) is 0. The van der Waals surface area contributed by atoms with Gasteiger partial charge in [0.05, 0.1) is 17.7 Å². The third kappa shape index (κ3) is 3.43. The lowest BCUT2D eigenvalue weighted by Crippen LogP contribution is -2.14. The van der Waals surface area contributed by atoms with Gasteiger partial charge >= 0.3 is 0 Å². The number of aromatic nitrogens is 1. The van der Waals surface area contributed by atoms with Crippen LogP contribution in [0.1, 0.15) is 18.9 Å². The van der Waals surface area contributed by atoms with Crippen molar-refractivity contribution in [3.8, 4) is 5.75 Å². The lowest BCUT2D eigenvalue weighted by Gasteiger charge is -2.13. The van der Waals surface area contributed by atoms with Crippen molar-refractivity contribution < 1.29 is 9.47 Å².